The fraction of sp³-hybridized carbons (Fsp3) is 0.412. The average molecular weight is 375 g/mol. The first kappa shape index (κ1) is 15.1. The fourth-order valence-corrected chi connectivity index (χ4v) is 3.99. The first-order valence-electron chi connectivity index (χ1n) is 7.80. The molecule has 23 heavy (non-hydrogen) atoms. The van der Waals surface area contributed by atoms with Crippen LogP contribution in [0.2, 0.25) is 0 Å². The normalized spacial score (nSPS) is 26.6. The maximum Gasteiger partial charge on any atom is 0.212 e. The Kier molecular flexibility index (Phi) is 3.83. The van der Waals surface area contributed by atoms with Crippen LogP contribution in [0.3, 0.4) is 0 Å². The number of nitrogens with one attached hydrogen (secondary N) is 1. The quantitative estimate of drug-likeness (QED) is 0.889. The lowest BCUT2D eigenvalue weighted by molar-refractivity contribution is -0.114. The van der Waals surface area contributed by atoms with Crippen molar-refractivity contribution < 1.29 is 4.74 Å². The van der Waals surface area contributed by atoms with Gasteiger partial charge in [0.1, 0.15) is 0 Å². The zero-order valence-corrected chi connectivity index (χ0v) is 14.6. The SMILES string of the molecule is COc1ccc(CN2C3CNCC2(c2ccc(Br)cn2)C3)cn1. The molecule has 0 spiro atoms. The number of hydrogen-bond donors (Lipinski definition) is 1. The van der Waals surface area contributed by atoms with E-state index in [0.29, 0.717) is 11.9 Å². The van der Waals surface area contributed by atoms with Crippen LogP contribution in [-0.2, 0) is 12.1 Å². The number of fused-ring (bicyclic) bond motifs is 2. The molecule has 2 aliphatic rings. The molecule has 2 bridgehead atoms. The Morgan fingerprint density at radius 2 is 2.22 bits per heavy atom. The lowest BCUT2D eigenvalue weighted by Gasteiger charge is -2.62. The lowest BCUT2D eigenvalue weighted by atomic mass is 9.72. The third kappa shape index (κ3) is 2.55. The maximum atomic E-state index is 5.14. The van der Waals surface area contributed by atoms with Gasteiger partial charge in [-0.15, -0.1) is 0 Å². The van der Waals surface area contributed by atoms with E-state index in [2.05, 4.69) is 54.3 Å². The van der Waals surface area contributed by atoms with Crippen molar-refractivity contribution >= 4 is 15.9 Å². The van der Waals surface area contributed by atoms with Crippen molar-refractivity contribution in [3.8, 4) is 5.88 Å². The Bertz CT molecular complexity index is 687. The van der Waals surface area contributed by atoms with E-state index in [1.165, 1.54) is 5.56 Å². The number of aromatic nitrogens is 2. The summed E-state index contributed by atoms with van der Waals surface area (Å²) in [5.74, 6) is 0.656. The molecular weight excluding hydrogens is 356 g/mol. The van der Waals surface area contributed by atoms with Crippen LogP contribution in [0.25, 0.3) is 0 Å². The first-order chi connectivity index (χ1) is 11.2. The monoisotopic (exact) mass is 374 g/mol. The van der Waals surface area contributed by atoms with Crippen molar-refractivity contribution in [3.05, 3.63) is 52.4 Å². The van der Waals surface area contributed by atoms with Crippen molar-refractivity contribution in [2.45, 2.75) is 24.5 Å². The molecule has 2 unspecified atom stereocenters. The summed E-state index contributed by atoms with van der Waals surface area (Å²) in [6.45, 7) is 2.88. The lowest BCUT2D eigenvalue weighted by Crippen LogP contribution is -2.73. The summed E-state index contributed by atoms with van der Waals surface area (Å²) < 4.78 is 6.16. The van der Waals surface area contributed by atoms with E-state index in [4.69, 9.17) is 4.74 Å². The number of piperazine rings is 1. The number of nitrogens with zero attached hydrogens (tertiary/aromatic N) is 3. The first-order valence-corrected chi connectivity index (χ1v) is 8.59. The van der Waals surface area contributed by atoms with E-state index in [1.54, 1.807) is 7.11 Å². The van der Waals surface area contributed by atoms with Gasteiger partial charge in [-0.1, -0.05) is 6.07 Å². The average Bonchev–Trinajstić information content (AvgIpc) is 2.61. The molecule has 2 saturated heterocycles. The summed E-state index contributed by atoms with van der Waals surface area (Å²) in [6.07, 6.45) is 4.96. The number of ether oxygens (including phenoxy) is 1. The van der Waals surface area contributed by atoms with Crippen LogP contribution in [0.1, 0.15) is 17.7 Å². The van der Waals surface area contributed by atoms with Crippen LogP contribution in [0.5, 0.6) is 5.88 Å². The predicted octanol–water partition coefficient (Wildman–Crippen LogP) is 2.32. The molecule has 4 heterocycles. The number of methoxy groups -OCH3 is 1. The van der Waals surface area contributed by atoms with E-state index in [1.807, 2.05) is 18.5 Å². The van der Waals surface area contributed by atoms with Crippen molar-refractivity contribution in [1.82, 2.24) is 20.2 Å². The number of rotatable bonds is 4. The molecule has 2 aromatic heterocycles. The van der Waals surface area contributed by atoms with E-state index in [9.17, 15) is 0 Å². The van der Waals surface area contributed by atoms with Crippen LogP contribution < -0.4 is 10.1 Å². The largest absolute Gasteiger partial charge is 0.481 e. The standard InChI is InChI=1S/C17H19BrN4O/c1-23-16-5-2-12(7-21-16)10-22-14-6-17(22,11-19-9-14)15-4-3-13(18)8-20-15/h2-5,7-8,14,19H,6,9-11H2,1H3. The number of pyridine rings is 2. The highest BCUT2D eigenvalue weighted by Gasteiger charge is 2.55. The highest BCUT2D eigenvalue weighted by atomic mass is 79.9. The third-order valence-corrected chi connectivity index (χ3v) is 5.39. The smallest absolute Gasteiger partial charge is 0.212 e. The Morgan fingerprint density at radius 1 is 1.30 bits per heavy atom. The van der Waals surface area contributed by atoms with Crippen LogP contribution in [0.15, 0.2) is 41.1 Å². The second-order valence-electron chi connectivity index (χ2n) is 6.22. The Morgan fingerprint density at radius 3 is 2.87 bits per heavy atom. The van der Waals surface area contributed by atoms with Crippen LogP contribution in [0.4, 0.5) is 0 Å². The summed E-state index contributed by atoms with van der Waals surface area (Å²) in [7, 11) is 1.64. The Hall–Kier alpha value is -1.50. The van der Waals surface area contributed by atoms with Gasteiger partial charge < -0.3 is 10.1 Å². The third-order valence-electron chi connectivity index (χ3n) is 4.93. The van der Waals surface area contributed by atoms with Gasteiger partial charge >= 0.3 is 0 Å². The zero-order chi connectivity index (χ0) is 15.9. The highest BCUT2D eigenvalue weighted by molar-refractivity contribution is 9.10. The second kappa shape index (κ2) is 5.85. The summed E-state index contributed by atoms with van der Waals surface area (Å²) in [5, 5.41) is 3.54. The van der Waals surface area contributed by atoms with Crippen molar-refractivity contribution in [2.24, 2.45) is 0 Å². The molecule has 120 valence electrons. The molecule has 0 amide bonds. The van der Waals surface area contributed by atoms with E-state index >= 15 is 0 Å². The Labute approximate surface area is 144 Å². The number of hydrogen-bond acceptors (Lipinski definition) is 5. The summed E-state index contributed by atoms with van der Waals surface area (Å²) in [4.78, 5) is 11.5. The van der Waals surface area contributed by atoms with E-state index in [-0.39, 0.29) is 5.54 Å². The fourth-order valence-electron chi connectivity index (χ4n) is 3.75. The highest BCUT2D eigenvalue weighted by Crippen LogP contribution is 2.47. The van der Waals surface area contributed by atoms with Crippen molar-refractivity contribution in [2.75, 3.05) is 20.2 Å². The van der Waals surface area contributed by atoms with Gasteiger partial charge in [-0.3, -0.25) is 9.88 Å². The number of piperidine rings is 1. The van der Waals surface area contributed by atoms with Gasteiger partial charge in [0.2, 0.25) is 5.88 Å². The maximum absolute atomic E-state index is 5.14. The minimum atomic E-state index is 0.00352. The second-order valence-corrected chi connectivity index (χ2v) is 7.13. The van der Waals surface area contributed by atoms with Gasteiger partial charge in [0.05, 0.1) is 18.3 Å². The molecule has 0 aliphatic carbocycles. The number of halogens is 1. The molecule has 2 fully saturated rings. The minimum absolute atomic E-state index is 0.00352. The van der Waals surface area contributed by atoms with Crippen molar-refractivity contribution in [3.63, 3.8) is 0 Å². The van der Waals surface area contributed by atoms with Gasteiger partial charge in [-0.05, 0) is 40.0 Å². The van der Waals surface area contributed by atoms with Crippen LogP contribution in [-0.4, -0.2) is 41.1 Å². The predicted molar refractivity (Wildman–Crippen MR) is 91.2 cm³/mol. The van der Waals surface area contributed by atoms with E-state index in [0.717, 1.165) is 36.2 Å². The molecule has 5 nitrogen and oxygen atoms in total. The van der Waals surface area contributed by atoms with Gasteiger partial charge in [-0.2, -0.15) is 0 Å². The summed E-state index contributed by atoms with van der Waals surface area (Å²) in [6, 6.07) is 8.79. The summed E-state index contributed by atoms with van der Waals surface area (Å²) >= 11 is 3.47. The van der Waals surface area contributed by atoms with Crippen LogP contribution in [0, 0.1) is 0 Å². The van der Waals surface area contributed by atoms with Crippen LogP contribution >= 0.6 is 15.9 Å². The Balaban J connectivity index is 1.60. The topological polar surface area (TPSA) is 50.3 Å². The van der Waals surface area contributed by atoms with E-state index < -0.39 is 0 Å². The van der Waals surface area contributed by atoms with Gasteiger partial charge in [0.25, 0.3) is 0 Å². The van der Waals surface area contributed by atoms with Gasteiger partial charge in [0.15, 0.2) is 0 Å². The molecule has 2 aliphatic heterocycles. The van der Waals surface area contributed by atoms with Crippen molar-refractivity contribution in [1.29, 1.82) is 0 Å². The molecule has 0 radical (unpaired) electrons. The molecular formula is C17H19BrN4O. The minimum Gasteiger partial charge on any atom is -0.481 e. The summed E-state index contributed by atoms with van der Waals surface area (Å²) in [5.41, 5.74) is 2.35. The molecule has 2 atom stereocenters. The zero-order valence-electron chi connectivity index (χ0n) is 13.0. The molecule has 2 aromatic rings. The van der Waals surface area contributed by atoms with Gasteiger partial charge in [-0.25, -0.2) is 4.98 Å². The molecule has 0 saturated carbocycles. The molecule has 6 heteroatoms. The molecule has 4 rings (SSSR count). The molecule has 0 aromatic carbocycles. The molecule has 1 N–H and O–H groups in total. The van der Waals surface area contributed by atoms with Gasteiger partial charge in [0, 0.05) is 48.6 Å².